The molecule has 1 aromatic heterocycles. The van der Waals surface area contributed by atoms with Crippen LogP contribution < -0.4 is 0 Å². The Morgan fingerprint density at radius 3 is 2.47 bits per heavy atom. The topological polar surface area (TPSA) is 56.5 Å². The Balaban J connectivity index is 3.30. The minimum Gasteiger partial charge on any atom is -0.465 e. The summed E-state index contributed by atoms with van der Waals surface area (Å²) >= 11 is 0. The van der Waals surface area contributed by atoms with Crippen LogP contribution in [0.4, 0.5) is 0 Å². The number of ether oxygens (including phenoxy) is 1. The molecule has 0 unspecified atom stereocenters. The fourth-order valence-electron chi connectivity index (χ4n) is 1.29. The van der Waals surface area contributed by atoms with Gasteiger partial charge in [-0.25, -0.2) is 4.79 Å². The van der Waals surface area contributed by atoms with Crippen LogP contribution >= 0.6 is 0 Å². The second-order valence-electron chi connectivity index (χ2n) is 4.25. The number of esters is 1. The molecule has 0 aliphatic rings. The van der Waals surface area contributed by atoms with E-state index in [0.717, 1.165) is 0 Å². The first-order valence-electron chi connectivity index (χ1n) is 4.58. The number of rotatable bonds is 2. The number of hydrogen-bond acceptors (Lipinski definition) is 4. The summed E-state index contributed by atoms with van der Waals surface area (Å²) in [6.07, 6.45) is 0.571. The van der Waals surface area contributed by atoms with E-state index < -0.39 is 5.97 Å². The van der Waals surface area contributed by atoms with Crippen molar-refractivity contribution in [2.45, 2.75) is 26.2 Å². The third kappa shape index (κ3) is 2.26. The van der Waals surface area contributed by atoms with E-state index in [0.29, 0.717) is 17.6 Å². The minimum atomic E-state index is -0.489. The maximum absolute atomic E-state index is 11.4. The summed E-state index contributed by atoms with van der Waals surface area (Å²) in [7, 11) is 1.29. The van der Waals surface area contributed by atoms with E-state index in [1.165, 1.54) is 13.2 Å². The Bertz CT molecular complexity index is 382. The molecular formula is C11H14O4. The van der Waals surface area contributed by atoms with Crippen molar-refractivity contribution in [3.05, 3.63) is 23.2 Å². The van der Waals surface area contributed by atoms with E-state index in [4.69, 9.17) is 4.42 Å². The number of carbonyl (C=O) groups is 2. The van der Waals surface area contributed by atoms with Crippen molar-refractivity contribution in [2.75, 3.05) is 7.11 Å². The molecule has 0 atom stereocenters. The van der Waals surface area contributed by atoms with Crippen molar-refractivity contribution in [2.24, 2.45) is 0 Å². The summed E-state index contributed by atoms with van der Waals surface area (Å²) < 4.78 is 9.90. The summed E-state index contributed by atoms with van der Waals surface area (Å²) in [6, 6.07) is 1.40. The molecule has 15 heavy (non-hydrogen) atoms. The van der Waals surface area contributed by atoms with E-state index in [9.17, 15) is 9.59 Å². The van der Waals surface area contributed by atoms with Crippen LogP contribution in [0, 0.1) is 0 Å². The van der Waals surface area contributed by atoms with E-state index in [1.807, 2.05) is 20.8 Å². The molecule has 0 bridgehead atoms. The lowest BCUT2D eigenvalue weighted by atomic mass is 9.90. The van der Waals surface area contributed by atoms with Gasteiger partial charge in [0.2, 0.25) is 0 Å². The molecule has 0 radical (unpaired) electrons. The van der Waals surface area contributed by atoms with Crippen LogP contribution in [0.1, 0.15) is 47.4 Å². The number of aldehydes is 1. The number of methoxy groups -OCH3 is 1. The summed E-state index contributed by atoms with van der Waals surface area (Å²) in [4.78, 5) is 22.0. The SMILES string of the molecule is COC(=O)c1cc(C=O)oc1C(C)(C)C. The summed E-state index contributed by atoms with van der Waals surface area (Å²) in [5.41, 5.74) is -0.0303. The van der Waals surface area contributed by atoms with E-state index in [-0.39, 0.29) is 11.2 Å². The van der Waals surface area contributed by atoms with Crippen molar-refractivity contribution >= 4 is 12.3 Å². The Labute approximate surface area is 88.2 Å². The monoisotopic (exact) mass is 210 g/mol. The van der Waals surface area contributed by atoms with Crippen molar-refractivity contribution in [1.29, 1.82) is 0 Å². The van der Waals surface area contributed by atoms with Crippen molar-refractivity contribution in [3.63, 3.8) is 0 Å². The van der Waals surface area contributed by atoms with E-state index in [1.54, 1.807) is 0 Å². The molecule has 0 aromatic carbocycles. The van der Waals surface area contributed by atoms with Gasteiger partial charge in [0.15, 0.2) is 12.0 Å². The number of hydrogen-bond donors (Lipinski definition) is 0. The molecule has 0 saturated carbocycles. The van der Waals surface area contributed by atoms with Crippen LogP contribution in [0.3, 0.4) is 0 Å². The molecular weight excluding hydrogens is 196 g/mol. The molecule has 82 valence electrons. The van der Waals surface area contributed by atoms with Crippen LogP contribution in [0.15, 0.2) is 10.5 Å². The lowest BCUT2D eigenvalue weighted by Crippen LogP contribution is -2.15. The van der Waals surface area contributed by atoms with Gasteiger partial charge in [0.1, 0.15) is 11.3 Å². The van der Waals surface area contributed by atoms with Crippen molar-refractivity contribution in [1.82, 2.24) is 0 Å². The highest BCUT2D eigenvalue weighted by atomic mass is 16.5. The molecule has 1 aromatic rings. The third-order valence-corrected chi connectivity index (χ3v) is 1.95. The average Bonchev–Trinajstić information content (AvgIpc) is 2.59. The number of carbonyl (C=O) groups excluding carboxylic acids is 2. The standard InChI is InChI=1S/C11H14O4/c1-11(2,3)9-8(10(13)14-4)5-7(6-12)15-9/h5-6H,1-4H3. The predicted octanol–water partition coefficient (Wildman–Crippen LogP) is 2.18. The maximum atomic E-state index is 11.4. The van der Waals surface area contributed by atoms with Crippen LogP contribution in [-0.4, -0.2) is 19.4 Å². The first kappa shape index (κ1) is 11.5. The molecule has 0 amide bonds. The second-order valence-corrected chi connectivity index (χ2v) is 4.25. The van der Waals surface area contributed by atoms with Gasteiger partial charge in [-0.05, 0) is 0 Å². The first-order valence-corrected chi connectivity index (χ1v) is 4.58. The molecule has 0 saturated heterocycles. The summed E-state index contributed by atoms with van der Waals surface area (Å²) in [6.45, 7) is 5.69. The molecule has 0 N–H and O–H groups in total. The van der Waals surface area contributed by atoms with Crippen molar-refractivity contribution in [3.8, 4) is 0 Å². The van der Waals surface area contributed by atoms with Gasteiger partial charge in [0, 0.05) is 11.5 Å². The van der Waals surface area contributed by atoms with E-state index in [2.05, 4.69) is 4.74 Å². The van der Waals surface area contributed by atoms with Gasteiger partial charge < -0.3 is 9.15 Å². The molecule has 0 spiro atoms. The first-order chi connectivity index (χ1) is 6.90. The van der Waals surface area contributed by atoms with E-state index >= 15 is 0 Å². The van der Waals surface area contributed by atoms with Gasteiger partial charge in [-0.3, -0.25) is 4.79 Å². The number of furan rings is 1. The highest BCUT2D eigenvalue weighted by molar-refractivity contribution is 5.92. The fraction of sp³-hybridized carbons (Fsp3) is 0.455. The highest BCUT2D eigenvalue weighted by Crippen LogP contribution is 2.28. The highest BCUT2D eigenvalue weighted by Gasteiger charge is 2.27. The Morgan fingerprint density at radius 1 is 1.47 bits per heavy atom. The Kier molecular flexibility index (Phi) is 2.98. The molecule has 0 aliphatic carbocycles. The molecule has 4 heteroatoms. The largest absolute Gasteiger partial charge is 0.465 e. The zero-order valence-electron chi connectivity index (χ0n) is 9.29. The molecule has 0 aliphatic heterocycles. The van der Waals surface area contributed by atoms with Gasteiger partial charge in [-0.1, -0.05) is 20.8 Å². The molecule has 1 heterocycles. The molecule has 1 rings (SSSR count). The minimum absolute atomic E-state index is 0.139. The fourth-order valence-corrected chi connectivity index (χ4v) is 1.29. The molecule has 4 nitrogen and oxygen atoms in total. The van der Waals surface area contributed by atoms with Crippen molar-refractivity contribution < 1.29 is 18.7 Å². The maximum Gasteiger partial charge on any atom is 0.341 e. The summed E-state index contributed by atoms with van der Waals surface area (Å²) in [5, 5.41) is 0. The Morgan fingerprint density at radius 2 is 2.07 bits per heavy atom. The van der Waals surface area contributed by atoms with Gasteiger partial charge in [-0.2, -0.15) is 0 Å². The van der Waals surface area contributed by atoms with Crippen LogP contribution in [-0.2, 0) is 10.2 Å². The second kappa shape index (κ2) is 3.88. The smallest absolute Gasteiger partial charge is 0.341 e. The lowest BCUT2D eigenvalue weighted by molar-refractivity contribution is 0.0595. The zero-order valence-corrected chi connectivity index (χ0v) is 9.29. The molecule has 0 fully saturated rings. The van der Waals surface area contributed by atoms with Gasteiger partial charge in [0.05, 0.1) is 7.11 Å². The van der Waals surface area contributed by atoms with Gasteiger partial charge in [-0.15, -0.1) is 0 Å². The Hall–Kier alpha value is -1.58. The third-order valence-electron chi connectivity index (χ3n) is 1.95. The quantitative estimate of drug-likeness (QED) is 0.554. The summed E-state index contributed by atoms with van der Waals surface area (Å²) in [5.74, 6) is 0.119. The van der Waals surface area contributed by atoms with Crippen LogP contribution in [0.25, 0.3) is 0 Å². The van der Waals surface area contributed by atoms with Crippen LogP contribution in [0.5, 0.6) is 0 Å². The van der Waals surface area contributed by atoms with Crippen LogP contribution in [0.2, 0.25) is 0 Å². The average molecular weight is 210 g/mol. The zero-order chi connectivity index (χ0) is 11.6. The van der Waals surface area contributed by atoms with Gasteiger partial charge >= 0.3 is 5.97 Å². The van der Waals surface area contributed by atoms with Gasteiger partial charge in [0.25, 0.3) is 0 Å². The normalized spacial score (nSPS) is 11.2. The lowest BCUT2D eigenvalue weighted by Gasteiger charge is -2.16. The predicted molar refractivity (Wildman–Crippen MR) is 54.1 cm³/mol.